The van der Waals surface area contributed by atoms with Crippen molar-refractivity contribution in [3.63, 3.8) is 0 Å². The fraction of sp³-hybridized carbons (Fsp3) is 0.600. The molecule has 2 aromatic heterocycles. The van der Waals surface area contributed by atoms with Crippen molar-refractivity contribution in [1.82, 2.24) is 19.1 Å². The molecule has 0 saturated carbocycles. The van der Waals surface area contributed by atoms with E-state index in [1.807, 2.05) is 18.2 Å². The summed E-state index contributed by atoms with van der Waals surface area (Å²) >= 11 is 0. The van der Waals surface area contributed by atoms with Gasteiger partial charge in [0, 0.05) is 25.3 Å². The summed E-state index contributed by atoms with van der Waals surface area (Å²) in [7, 11) is 0. The summed E-state index contributed by atoms with van der Waals surface area (Å²) in [6.07, 6.45) is 2.76. The van der Waals surface area contributed by atoms with Gasteiger partial charge in [-0.1, -0.05) is 19.9 Å². The molecule has 1 saturated heterocycles. The number of piperidine rings is 1. The second-order valence-electron chi connectivity index (χ2n) is 6.59. The minimum atomic E-state index is -0.0708. The Kier molecular flexibility index (Phi) is 4.94. The van der Waals surface area contributed by atoms with E-state index in [4.69, 9.17) is 5.73 Å². The molecule has 0 spiro atoms. The first kappa shape index (κ1) is 17.0. The van der Waals surface area contributed by atoms with Gasteiger partial charge in [0.25, 0.3) is 0 Å². The van der Waals surface area contributed by atoms with Crippen LogP contribution in [0, 0.1) is 5.41 Å². The van der Waals surface area contributed by atoms with Gasteiger partial charge in [0.1, 0.15) is 0 Å². The Morgan fingerprint density at radius 1 is 1.36 bits per heavy atom. The third kappa shape index (κ3) is 3.19. The quantitative estimate of drug-likeness (QED) is 0.913. The number of nitrogens with zero attached hydrogens (tertiary/aromatic N) is 4. The number of halogens is 1. The van der Waals surface area contributed by atoms with Gasteiger partial charge in [0.05, 0.1) is 6.54 Å². The lowest BCUT2D eigenvalue weighted by atomic mass is 9.80. The molecule has 1 unspecified atom stereocenters. The molecule has 0 aliphatic carbocycles. The van der Waals surface area contributed by atoms with Gasteiger partial charge in [-0.2, -0.15) is 0 Å². The van der Waals surface area contributed by atoms with Gasteiger partial charge in [-0.15, -0.1) is 17.5 Å². The summed E-state index contributed by atoms with van der Waals surface area (Å²) in [6.45, 7) is 7.83. The predicted octanol–water partition coefficient (Wildman–Crippen LogP) is 0.977. The molecule has 1 aliphatic rings. The first-order valence-corrected chi connectivity index (χ1v) is 7.49. The number of fused-ring (bicyclic) bond motifs is 1. The molecule has 0 bridgehead atoms. The molecule has 1 atom stereocenters. The van der Waals surface area contributed by atoms with Crippen LogP contribution in [0.5, 0.6) is 0 Å². The van der Waals surface area contributed by atoms with E-state index >= 15 is 0 Å². The van der Waals surface area contributed by atoms with Crippen molar-refractivity contribution in [3.8, 4) is 0 Å². The second-order valence-corrected chi connectivity index (χ2v) is 6.59. The van der Waals surface area contributed by atoms with E-state index in [1.54, 1.807) is 15.3 Å². The molecule has 0 amide bonds. The van der Waals surface area contributed by atoms with Gasteiger partial charge in [0.2, 0.25) is 0 Å². The van der Waals surface area contributed by atoms with Crippen LogP contribution in [0.25, 0.3) is 5.65 Å². The summed E-state index contributed by atoms with van der Waals surface area (Å²) < 4.78 is 3.13. The monoisotopic (exact) mass is 325 g/mol. The Labute approximate surface area is 136 Å². The van der Waals surface area contributed by atoms with E-state index in [1.165, 1.54) is 0 Å². The van der Waals surface area contributed by atoms with Crippen LogP contribution in [0.15, 0.2) is 29.2 Å². The smallest absolute Gasteiger partial charge is 0.327 e. The lowest BCUT2D eigenvalue weighted by molar-refractivity contribution is 0.0914. The van der Waals surface area contributed by atoms with Gasteiger partial charge in [-0.05, 0) is 30.5 Å². The number of hydrogen-bond donors (Lipinski definition) is 1. The second kappa shape index (κ2) is 6.40. The van der Waals surface area contributed by atoms with Crippen LogP contribution in [-0.2, 0) is 6.54 Å². The summed E-state index contributed by atoms with van der Waals surface area (Å²) in [4.78, 5) is 14.6. The standard InChI is InChI=1S/C15H23N5O.ClH/c1-15(2)11-18(8-6-12(15)16)9-10-20-14(21)19-7-4-3-5-13(19)17-20;/h3-5,7,12H,6,8-11,16H2,1-2H3;1H. The van der Waals surface area contributed by atoms with Gasteiger partial charge < -0.3 is 10.6 Å². The van der Waals surface area contributed by atoms with E-state index in [0.29, 0.717) is 12.2 Å². The zero-order valence-corrected chi connectivity index (χ0v) is 13.9. The van der Waals surface area contributed by atoms with Crippen molar-refractivity contribution < 1.29 is 0 Å². The summed E-state index contributed by atoms with van der Waals surface area (Å²) in [5.74, 6) is 0. The number of aromatic nitrogens is 3. The van der Waals surface area contributed by atoms with Crippen molar-refractivity contribution >= 4 is 18.1 Å². The molecule has 6 nitrogen and oxygen atoms in total. The maximum atomic E-state index is 12.2. The molecule has 2 N–H and O–H groups in total. The molecule has 0 aromatic carbocycles. The number of rotatable bonds is 3. The molecular formula is C15H24ClN5O. The van der Waals surface area contributed by atoms with Crippen LogP contribution in [0.2, 0.25) is 0 Å². The third-order valence-corrected chi connectivity index (χ3v) is 4.51. The number of nitrogens with two attached hydrogens (primary N) is 1. The zero-order valence-electron chi connectivity index (χ0n) is 13.1. The van der Waals surface area contributed by atoms with E-state index in [-0.39, 0.29) is 29.6 Å². The van der Waals surface area contributed by atoms with Crippen LogP contribution >= 0.6 is 12.4 Å². The lowest BCUT2D eigenvalue weighted by Gasteiger charge is -2.42. The van der Waals surface area contributed by atoms with Crippen molar-refractivity contribution in [2.45, 2.75) is 32.9 Å². The Hall–Kier alpha value is -1.37. The highest BCUT2D eigenvalue weighted by Gasteiger charge is 2.33. The highest BCUT2D eigenvalue weighted by molar-refractivity contribution is 5.85. The number of pyridine rings is 1. The van der Waals surface area contributed by atoms with Gasteiger partial charge in [-0.3, -0.25) is 4.40 Å². The SMILES string of the molecule is CC1(C)CN(CCn2nc3ccccn3c2=O)CCC1N.Cl. The van der Waals surface area contributed by atoms with Crippen molar-refractivity contribution in [2.24, 2.45) is 11.1 Å². The Balaban J connectivity index is 0.00000176. The summed E-state index contributed by atoms with van der Waals surface area (Å²) in [5.41, 5.74) is 6.91. The van der Waals surface area contributed by atoms with Crippen LogP contribution in [0.3, 0.4) is 0 Å². The minimum absolute atomic E-state index is 0. The maximum Gasteiger partial charge on any atom is 0.350 e. The van der Waals surface area contributed by atoms with Crippen molar-refractivity contribution in [1.29, 1.82) is 0 Å². The normalized spacial score (nSPS) is 21.7. The molecular weight excluding hydrogens is 302 g/mol. The highest BCUT2D eigenvalue weighted by atomic mass is 35.5. The van der Waals surface area contributed by atoms with Crippen LogP contribution in [-0.4, -0.2) is 44.8 Å². The highest BCUT2D eigenvalue weighted by Crippen LogP contribution is 2.27. The van der Waals surface area contributed by atoms with Crippen molar-refractivity contribution in [2.75, 3.05) is 19.6 Å². The molecule has 22 heavy (non-hydrogen) atoms. The summed E-state index contributed by atoms with van der Waals surface area (Å²) in [5, 5.41) is 4.36. The van der Waals surface area contributed by atoms with Gasteiger partial charge in [-0.25, -0.2) is 9.48 Å². The van der Waals surface area contributed by atoms with Gasteiger partial charge in [0.15, 0.2) is 5.65 Å². The number of likely N-dealkylation sites (tertiary alicyclic amines) is 1. The average molecular weight is 326 g/mol. The molecule has 7 heteroatoms. The molecule has 2 aromatic rings. The fourth-order valence-corrected chi connectivity index (χ4v) is 3.03. The van der Waals surface area contributed by atoms with Crippen LogP contribution < -0.4 is 11.4 Å². The topological polar surface area (TPSA) is 68.6 Å². The number of hydrogen-bond acceptors (Lipinski definition) is 4. The molecule has 1 fully saturated rings. The summed E-state index contributed by atoms with van der Waals surface area (Å²) in [6, 6.07) is 5.84. The van der Waals surface area contributed by atoms with E-state index in [2.05, 4.69) is 23.8 Å². The van der Waals surface area contributed by atoms with Gasteiger partial charge >= 0.3 is 5.69 Å². The lowest BCUT2D eigenvalue weighted by Crippen LogP contribution is -2.53. The van der Waals surface area contributed by atoms with E-state index in [9.17, 15) is 4.79 Å². The Morgan fingerprint density at radius 2 is 2.14 bits per heavy atom. The van der Waals surface area contributed by atoms with Crippen molar-refractivity contribution in [3.05, 3.63) is 34.9 Å². The van der Waals surface area contributed by atoms with Crippen LogP contribution in [0.1, 0.15) is 20.3 Å². The minimum Gasteiger partial charge on any atom is -0.327 e. The molecule has 3 rings (SSSR count). The molecule has 0 radical (unpaired) electrons. The zero-order chi connectivity index (χ0) is 15.0. The largest absolute Gasteiger partial charge is 0.350 e. The molecule has 122 valence electrons. The Bertz CT molecular complexity index is 693. The maximum absolute atomic E-state index is 12.2. The molecule has 1 aliphatic heterocycles. The Morgan fingerprint density at radius 3 is 2.82 bits per heavy atom. The van der Waals surface area contributed by atoms with E-state index in [0.717, 1.165) is 26.1 Å². The predicted molar refractivity (Wildman–Crippen MR) is 89.5 cm³/mol. The first-order chi connectivity index (χ1) is 9.97. The molecule has 3 heterocycles. The average Bonchev–Trinajstić information content (AvgIpc) is 2.77. The first-order valence-electron chi connectivity index (χ1n) is 7.49. The van der Waals surface area contributed by atoms with Crippen LogP contribution in [0.4, 0.5) is 0 Å². The van der Waals surface area contributed by atoms with E-state index < -0.39 is 0 Å². The fourth-order valence-electron chi connectivity index (χ4n) is 3.03. The third-order valence-electron chi connectivity index (χ3n) is 4.51.